The van der Waals surface area contributed by atoms with Gasteiger partial charge in [0.05, 0.1) is 0 Å². The van der Waals surface area contributed by atoms with Crippen molar-refractivity contribution in [3.63, 3.8) is 0 Å². The molecule has 25 heavy (non-hydrogen) atoms. The van der Waals surface area contributed by atoms with Gasteiger partial charge < -0.3 is 15.1 Å². The molecule has 3 rings (SSSR count). The highest BCUT2D eigenvalue weighted by Crippen LogP contribution is 2.21. The first kappa shape index (κ1) is 17.3. The number of urea groups is 1. The van der Waals surface area contributed by atoms with Crippen molar-refractivity contribution in [2.24, 2.45) is 0 Å². The van der Waals surface area contributed by atoms with Gasteiger partial charge in [0.25, 0.3) is 0 Å². The van der Waals surface area contributed by atoms with E-state index in [0.717, 1.165) is 38.3 Å². The van der Waals surface area contributed by atoms with Gasteiger partial charge >= 0.3 is 6.03 Å². The SMILES string of the molecule is CCC(C)c1ccc(NC(=O)N2CCN(c3ccccc3)CC2)cc1. The van der Waals surface area contributed by atoms with Crippen molar-refractivity contribution in [2.45, 2.75) is 26.2 Å². The Kier molecular flexibility index (Phi) is 5.59. The quantitative estimate of drug-likeness (QED) is 0.888. The maximum atomic E-state index is 12.5. The number of carbonyl (C=O) groups is 1. The molecule has 1 unspecified atom stereocenters. The van der Waals surface area contributed by atoms with Crippen molar-refractivity contribution < 1.29 is 4.79 Å². The Morgan fingerprint density at radius 2 is 1.64 bits per heavy atom. The van der Waals surface area contributed by atoms with Crippen LogP contribution in [0.15, 0.2) is 54.6 Å². The third-order valence-electron chi connectivity index (χ3n) is 5.03. The molecule has 0 bridgehead atoms. The maximum Gasteiger partial charge on any atom is 0.321 e. The molecular weight excluding hydrogens is 310 g/mol. The smallest absolute Gasteiger partial charge is 0.321 e. The van der Waals surface area contributed by atoms with Crippen LogP contribution in [0.4, 0.5) is 16.2 Å². The van der Waals surface area contributed by atoms with E-state index in [9.17, 15) is 4.79 Å². The fraction of sp³-hybridized carbons (Fsp3) is 0.381. The fourth-order valence-electron chi connectivity index (χ4n) is 3.14. The number of piperazine rings is 1. The van der Waals surface area contributed by atoms with Gasteiger partial charge in [-0.1, -0.05) is 44.2 Å². The lowest BCUT2D eigenvalue weighted by atomic mass is 9.99. The first-order valence-electron chi connectivity index (χ1n) is 9.13. The summed E-state index contributed by atoms with van der Waals surface area (Å²) in [5, 5.41) is 3.02. The molecule has 2 aromatic rings. The number of rotatable bonds is 4. The van der Waals surface area contributed by atoms with Gasteiger partial charge in [-0.25, -0.2) is 4.79 Å². The van der Waals surface area contributed by atoms with E-state index in [1.165, 1.54) is 11.3 Å². The van der Waals surface area contributed by atoms with E-state index >= 15 is 0 Å². The highest BCUT2D eigenvalue weighted by molar-refractivity contribution is 5.89. The number of nitrogens with zero attached hydrogens (tertiary/aromatic N) is 2. The predicted molar refractivity (Wildman–Crippen MR) is 104 cm³/mol. The lowest BCUT2D eigenvalue weighted by Crippen LogP contribution is -2.50. The number of carbonyl (C=O) groups excluding carboxylic acids is 1. The molecule has 0 saturated carbocycles. The Morgan fingerprint density at radius 3 is 2.24 bits per heavy atom. The van der Waals surface area contributed by atoms with Crippen LogP contribution in [0.3, 0.4) is 0 Å². The summed E-state index contributed by atoms with van der Waals surface area (Å²) < 4.78 is 0. The largest absolute Gasteiger partial charge is 0.368 e. The monoisotopic (exact) mass is 337 g/mol. The molecule has 1 atom stereocenters. The van der Waals surface area contributed by atoms with Crippen molar-refractivity contribution in [2.75, 3.05) is 36.4 Å². The lowest BCUT2D eigenvalue weighted by Gasteiger charge is -2.36. The summed E-state index contributed by atoms with van der Waals surface area (Å²) in [6, 6.07) is 18.6. The molecule has 0 spiro atoms. The molecule has 1 aliphatic heterocycles. The molecule has 1 saturated heterocycles. The van der Waals surface area contributed by atoms with Crippen molar-refractivity contribution in [3.05, 3.63) is 60.2 Å². The molecule has 1 N–H and O–H groups in total. The number of hydrogen-bond donors (Lipinski definition) is 1. The van der Waals surface area contributed by atoms with E-state index < -0.39 is 0 Å². The Morgan fingerprint density at radius 1 is 1.00 bits per heavy atom. The minimum Gasteiger partial charge on any atom is -0.368 e. The van der Waals surface area contributed by atoms with Gasteiger partial charge in [0.2, 0.25) is 0 Å². The van der Waals surface area contributed by atoms with Crippen LogP contribution >= 0.6 is 0 Å². The summed E-state index contributed by atoms with van der Waals surface area (Å²) in [6.45, 7) is 7.63. The molecule has 2 aromatic carbocycles. The molecule has 132 valence electrons. The predicted octanol–water partition coefficient (Wildman–Crippen LogP) is 4.55. The van der Waals surface area contributed by atoms with Gasteiger partial charge in [-0.15, -0.1) is 0 Å². The van der Waals surface area contributed by atoms with E-state index in [0.29, 0.717) is 5.92 Å². The molecule has 1 fully saturated rings. The molecule has 0 radical (unpaired) electrons. The van der Waals surface area contributed by atoms with E-state index in [4.69, 9.17) is 0 Å². The summed E-state index contributed by atoms with van der Waals surface area (Å²) in [6.07, 6.45) is 1.12. The van der Waals surface area contributed by atoms with Crippen LogP contribution in [-0.4, -0.2) is 37.1 Å². The Labute approximate surface area is 150 Å². The fourth-order valence-corrected chi connectivity index (χ4v) is 3.14. The van der Waals surface area contributed by atoms with Gasteiger partial charge in [-0.2, -0.15) is 0 Å². The summed E-state index contributed by atoms with van der Waals surface area (Å²) in [7, 11) is 0. The van der Waals surface area contributed by atoms with Gasteiger partial charge in [0.1, 0.15) is 0 Å². The van der Waals surface area contributed by atoms with Gasteiger partial charge in [-0.05, 0) is 42.2 Å². The Bertz CT molecular complexity index is 676. The number of amides is 2. The number of nitrogens with one attached hydrogen (secondary N) is 1. The average Bonchev–Trinajstić information content (AvgIpc) is 2.68. The van der Waals surface area contributed by atoms with Gasteiger partial charge in [0.15, 0.2) is 0 Å². The van der Waals surface area contributed by atoms with Crippen LogP contribution in [-0.2, 0) is 0 Å². The molecule has 4 nitrogen and oxygen atoms in total. The number of anilines is 2. The molecule has 1 aliphatic rings. The lowest BCUT2D eigenvalue weighted by molar-refractivity contribution is 0.208. The van der Waals surface area contributed by atoms with Crippen LogP contribution < -0.4 is 10.2 Å². The average molecular weight is 337 g/mol. The standard InChI is InChI=1S/C21H27N3O/c1-3-17(2)18-9-11-19(12-10-18)22-21(25)24-15-13-23(14-16-24)20-7-5-4-6-8-20/h4-12,17H,3,13-16H2,1-2H3,(H,22,25). The molecular formula is C21H27N3O. The maximum absolute atomic E-state index is 12.5. The van der Waals surface area contributed by atoms with Crippen LogP contribution in [0.1, 0.15) is 31.7 Å². The molecule has 2 amide bonds. The summed E-state index contributed by atoms with van der Waals surface area (Å²) in [5.74, 6) is 0.552. The van der Waals surface area contributed by atoms with Crippen LogP contribution in [0.2, 0.25) is 0 Å². The second-order valence-corrected chi connectivity index (χ2v) is 6.67. The van der Waals surface area contributed by atoms with Gasteiger partial charge in [-0.3, -0.25) is 0 Å². The van der Waals surface area contributed by atoms with E-state index in [2.05, 4.69) is 60.5 Å². The second kappa shape index (κ2) is 8.06. The summed E-state index contributed by atoms with van der Waals surface area (Å²) in [5.41, 5.74) is 3.41. The third-order valence-corrected chi connectivity index (χ3v) is 5.03. The Balaban J connectivity index is 1.53. The second-order valence-electron chi connectivity index (χ2n) is 6.67. The normalized spacial score (nSPS) is 15.8. The number of para-hydroxylation sites is 1. The van der Waals surface area contributed by atoms with Crippen molar-refractivity contribution >= 4 is 17.4 Å². The molecule has 0 aromatic heterocycles. The molecule has 4 heteroatoms. The van der Waals surface area contributed by atoms with Crippen molar-refractivity contribution in [3.8, 4) is 0 Å². The van der Waals surface area contributed by atoms with Crippen molar-refractivity contribution in [1.29, 1.82) is 0 Å². The zero-order valence-electron chi connectivity index (χ0n) is 15.1. The first-order valence-corrected chi connectivity index (χ1v) is 9.13. The Hall–Kier alpha value is -2.49. The van der Waals surface area contributed by atoms with Crippen molar-refractivity contribution in [1.82, 2.24) is 4.90 Å². The minimum absolute atomic E-state index is 0.0102. The van der Waals surface area contributed by atoms with Crippen LogP contribution in [0.5, 0.6) is 0 Å². The van der Waals surface area contributed by atoms with E-state index in [-0.39, 0.29) is 6.03 Å². The topological polar surface area (TPSA) is 35.6 Å². The highest BCUT2D eigenvalue weighted by atomic mass is 16.2. The molecule has 0 aliphatic carbocycles. The minimum atomic E-state index is -0.0102. The number of benzene rings is 2. The van der Waals surface area contributed by atoms with Gasteiger partial charge in [0, 0.05) is 37.6 Å². The summed E-state index contributed by atoms with van der Waals surface area (Å²) in [4.78, 5) is 16.7. The van der Waals surface area contributed by atoms with Crippen LogP contribution in [0, 0.1) is 0 Å². The zero-order valence-corrected chi connectivity index (χ0v) is 15.1. The first-order chi connectivity index (χ1) is 12.2. The summed E-state index contributed by atoms with van der Waals surface area (Å²) >= 11 is 0. The van der Waals surface area contributed by atoms with E-state index in [1.807, 2.05) is 23.1 Å². The third kappa shape index (κ3) is 4.32. The van der Waals surface area contributed by atoms with E-state index in [1.54, 1.807) is 0 Å². The van der Waals surface area contributed by atoms with Crippen LogP contribution in [0.25, 0.3) is 0 Å². The molecule has 1 heterocycles. The zero-order chi connectivity index (χ0) is 17.6. The number of hydrogen-bond acceptors (Lipinski definition) is 2. The highest BCUT2D eigenvalue weighted by Gasteiger charge is 2.21.